The lowest BCUT2D eigenvalue weighted by molar-refractivity contribution is -0.137. The van der Waals surface area contributed by atoms with Crippen molar-refractivity contribution in [1.29, 1.82) is 0 Å². The van der Waals surface area contributed by atoms with E-state index in [4.69, 9.17) is 5.11 Å². The summed E-state index contributed by atoms with van der Waals surface area (Å²) < 4.78 is 0. The summed E-state index contributed by atoms with van der Waals surface area (Å²) in [7, 11) is 3.44. The SMILES string of the molecule is CNC(=O)CN(C)CCCCC(=O)O. The van der Waals surface area contributed by atoms with Crippen molar-refractivity contribution in [3.05, 3.63) is 0 Å². The molecule has 0 radical (unpaired) electrons. The Labute approximate surface area is 84.1 Å². The zero-order chi connectivity index (χ0) is 11.0. The molecule has 0 aromatic heterocycles. The van der Waals surface area contributed by atoms with Gasteiger partial charge < -0.3 is 10.4 Å². The number of nitrogens with zero attached hydrogens (tertiary/aromatic N) is 1. The van der Waals surface area contributed by atoms with Crippen LogP contribution in [-0.4, -0.2) is 49.1 Å². The van der Waals surface area contributed by atoms with E-state index in [9.17, 15) is 9.59 Å². The zero-order valence-corrected chi connectivity index (χ0v) is 8.75. The Balaban J connectivity index is 3.39. The molecule has 2 N–H and O–H groups in total. The molecule has 0 spiro atoms. The summed E-state index contributed by atoms with van der Waals surface area (Å²) in [5, 5.41) is 10.9. The van der Waals surface area contributed by atoms with Crippen LogP contribution in [0.15, 0.2) is 0 Å². The van der Waals surface area contributed by atoms with Crippen LogP contribution in [0, 0.1) is 0 Å². The van der Waals surface area contributed by atoms with E-state index < -0.39 is 5.97 Å². The van der Waals surface area contributed by atoms with Gasteiger partial charge in [0.25, 0.3) is 0 Å². The van der Waals surface area contributed by atoms with Crippen molar-refractivity contribution in [3.63, 3.8) is 0 Å². The first-order chi connectivity index (χ1) is 6.56. The number of carboxylic acid groups (broad SMARTS) is 1. The first-order valence-corrected chi connectivity index (χ1v) is 4.67. The van der Waals surface area contributed by atoms with E-state index in [1.165, 1.54) is 0 Å². The van der Waals surface area contributed by atoms with Gasteiger partial charge in [-0.1, -0.05) is 0 Å². The molecule has 0 aromatic rings. The molecule has 0 saturated carbocycles. The smallest absolute Gasteiger partial charge is 0.303 e. The largest absolute Gasteiger partial charge is 0.481 e. The highest BCUT2D eigenvalue weighted by Crippen LogP contribution is 1.96. The van der Waals surface area contributed by atoms with E-state index in [1.54, 1.807) is 7.05 Å². The van der Waals surface area contributed by atoms with Crippen molar-refractivity contribution in [3.8, 4) is 0 Å². The van der Waals surface area contributed by atoms with Gasteiger partial charge in [-0.25, -0.2) is 0 Å². The molecule has 82 valence electrons. The molecule has 14 heavy (non-hydrogen) atoms. The molecule has 0 unspecified atom stereocenters. The number of aliphatic carboxylic acids is 1. The average molecular weight is 202 g/mol. The van der Waals surface area contributed by atoms with Crippen molar-refractivity contribution in [2.24, 2.45) is 0 Å². The third-order valence-electron chi connectivity index (χ3n) is 1.87. The van der Waals surface area contributed by atoms with Gasteiger partial charge in [-0.3, -0.25) is 14.5 Å². The minimum Gasteiger partial charge on any atom is -0.481 e. The third kappa shape index (κ3) is 7.54. The van der Waals surface area contributed by atoms with Crippen LogP contribution >= 0.6 is 0 Å². The van der Waals surface area contributed by atoms with Crippen LogP contribution < -0.4 is 5.32 Å². The predicted molar refractivity (Wildman–Crippen MR) is 53.1 cm³/mol. The highest BCUT2D eigenvalue weighted by molar-refractivity contribution is 5.77. The number of likely N-dealkylation sites (N-methyl/N-ethyl adjacent to an activating group) is 2. The number of unbranched alkanes of at least 4 members (excludes halogenated alkanes) is 1. The molecule has 0 aliphatic heterocycles. The number of hydrogen-bond donors (Lipinski definition) is 2. The van der Waals surface area contributed by atoms with Crippen LogP contribution in [0.2, 0.25) is 0 Å². The summed E-state index contributed by atoms with van der Waals surface area (Å²) in [5.74, 6) is -0.787. The summed E-state index contributed by atoms with van der Waals surface area (Å²) >= 11 is 0. The van der Waals surface area contributed by atoms with Crippen molar-refractivity contribution in [1.82, 2.24) is 10.2 Å². The summed E-state index contributed by atoms with van der Waals surface area (Å²) in [6.45, 7) is 1.12. The summed E-state index contributed by atoms with van der Waals surface area (Å²) in [5.41, 5.74) is 0. The quantitative estimate of drug-likeness (QED) is 0.566. The molecular weight excluding hydrogens is 184 g/mol. The van der Waals surface area contributed by atoms with Gasteiger partial charge in [0, 0.05) is 13.5 Å². The molecule has 0 saturated heterocycles. The highest BCUT2D eigenvalue weighted by atomic mass is 16.4. The molecule has 5 nitrogen and oxygen atoms in total. The fraction of sp³-hybridized carbons (Fsp3) is 0.778. The van der Waals surface area contributed by atoms with E-state index in [2.05, 4.69) is 5.32 Å². The summed E-state index contributed by atoms with van der Waals surface area (Å²) in [4.78, 5) is 23.0. The molecule has 0 heterocycles. The van der Waals surface area contributed by atoms with Crippen molar-refractivity contribution in [2.45, 2.75) is 19.3 Å². The lowest BCUT2D eigenvalue weighted by atomic mass is 10.2. The maximum Gasteiger partial charge on any atom is 0.303 e. The Hall–Kier alpha value is -1.10. The summed E-state index contributed by atoms with van der Waals surface area (Å²) in [6.07, 6.45) is 1.67. The first kappa shape index (κ1) is 12.9. The van der Waals surface area contributed by atoms with E-state index in [0.29, 0.717) is 13.0 Å². The third-order valence-corrected chi connectivity index (χ3v) is 1.87. The van der Waals surface area contributed by atoms with Gasteiger partial charge in [-0.05, 0) is 26.4 Å². The van der Waals surface area contributed by atoms with Crippen LogP contribution in [0.25, 0.3) is 0 Å². The minimum absolute atomic E-state index is 0.0225. The molecule has 0 aliphatic rings. The number of nitrogens with one attached hydrogen (secondary N) is 1. The Morgan fingerprint density at radius 3 is 2.50 bits per heavy atom. The first-order valence-electron chi connectivity index (χ1n) is 4.67. The van der Waals surface area contributed by atoms with Crippen LogP contribution in [-0.2, 0) is 9.59 Å². The van der Waals surface area contributed by atoms with Crippen LogP contribution in [0.1, 0.15) is 19.3 Å². The maximum atomic E-state index is 10.9. The van der Waals surface area contributed by atoms with Gasteiger partial charge in [0.1, 0.15) is 0 Å². The number of carbonyl (C=O) groups is 2. The lowest BCUT2D eigenvalue weighted by Gasteiger charge is -2.14. The van der Waals surface area contributed by atoms with Crippen molar-refractivity contribution in [2.75, 3.05) is 27.2 Å². The molecule has 1 amide bonds. The highest BCUT2D eigenvalue weighted by Gasteiger charge is 2.04. The van der Waals surface area contributed by atoms with Crippen LogP contribution in [0.4, 0.5) is 0 Å². The zero-order valence-electron chi connectivity index (χ0n) is 8.75. The minimum atomic E-state index is -0.765. The molecule has 0 aliphatic carbocycles. The van der Waals surface area contributed by atoms with E-state index in [-0.39, 0.29) is 12.3 Å². The number of amides is 1. The number of carbonyl (C=O) groups excluding carboxylic acids is 1. The molecule has 0 bridgehead atoms. The van der Waals surface area contributed by atoms with Gasteiger partial charge >= 0.3 is 5.97 Å². The van der Waals surface area contributed by atoms with E-state index in [1.807, 2.05) is 11.9 Å². The Morgan fingerprint density at radius 2 is 2.00 bits per heavy atom. The molecule has 0 rings (SSSR count). The predicted octanol–water partition coefficient (Wildman–Crippen LogP) is -0.0809. The Kier molecular flexibility index (Phi) is 6.74. The lowest BCUT2D eigenvalue weighted by Crippen LogP contribution is -2.33. The van der Waals surface area contributed by atoms with Crippen LogP contribution in [0.3, 0.4) is 0 Å². The molecule has 5 heteroatoms. The second-order valence-corrected chi connectivity index (χ2v) is 3.26. The van der Waals surface area contributed by atoms with E-state index >= 15 is 0 Å². The fourth-order valence-corrected chi connectivity index (χ4v) is 1.06. The Bertz CT molecular complexity index is 194. The van der Waals surface area contributed by atoms with Gasteiger partial charge in [0.2, 0.25) is 5.91 Å². The van der Waals surface area contributed by atoms with Gasteiger partial charge in [-0.2, -0.15) is 0 Å². The van der Waals surface area contributed by atoms with Crippen molar-refractivity contribution < 1.29 is 14.7 Å². The second kappa shape index (κ2) is 7.32. The van der Waals surface area contributed by atoms with E-state index in [0.717, 1.165) is 13.0 Å². The van der Waals surface area contributed by atoms with Gasteiger partial charge in [-0.15, -0.1) is 0 Å². The summed E-state index contributed by atoms with van der Waals surface area (Å²) in [6, 6.07) is 0. The molecule has 0 atom stereocenters. The second-order valence-electron chi connectivity index (χ2n) is 3.26. The normalized spacial score (nSPS) is 10.2. The van der Waals surface area contributed by atoms with Gasteiger partial charge in [0.15, 0.2) is 0 Å². The maximum absolute atomic E-state index is 10.9. The molecule has 0 aromatic carbocycles. The molecule has 0 fully saturated rings. The topological polar surface area (TPSA) is 69.6 Å². The number of hydrogen-bond acceptors (Lipinski definition) is 3. The number of carboxylic acids is 1. The van der Waals surface area contributed by atoms with Gasteiger partial charge in [0.05, 0.1) is 6.54 Å². The average Bonchev–Trinajstić information content (AvgIpc) is 2.12. The Morgan fingerprint density at radius 1 is 1.36 bits per heavy atom. The van der Waals surface area contributed by atoms with Crippen LogP contribution in [0.5, 0.6) is 0 Å². The molecular formula is C9H18N2O3. The number of rotatable bonds is 7. The fourth-order valence-electron chi connectivity index (χ4n) is 1.06. The van der Waals surface area contributed by atoms with Crippen molar-refractivity contribution >= 4 is 11.9 Å². The standard InChI is InChI=1S/C9H18N2O3/c1-10-8(12)7-11(2)6-4-3-5-9(13)14/h3-7H2,1-2H3,(H,10,12)(H,13,14). The monoisotopic (exact) mass is 202 g/mol.